The summed E-state index contributed by atoms with van der Waals surface area (Å²) in [7, 11) is 0. The van der Waals surface area contributed by atoms with Crippen molar-refractivity contribution in [2.45, 2.75) is 6.42 Å². The molecule has 0 spiro atoms. The highest BCUT2D eigenvalue weighted by Crippen LogP contribution is 2.50. The van der Waals surface area contributed by atoms with Crippen molar-refractivity contribution in [1.29, 1.82) is 0 Å². The SMILES string of the molecule is c1ccc2c(c1)Cc1cc3c-2c(N(c2ccc(-c4cccc5c4sc4ccccc45)cc2)c2ccc4sc5ccccc5c4c2)ccc3c2ccccc12. The van der Waals surface area contributed by atoms with Gasteiger partial charge in [0.15, 0.2) is 0 Å². The smallest absolute Gasteiger partial charge is 0.0546 e. The molecule has 0 saturated carbocycles. The van der Waals surface area contributed by atoms with Gasteiger partial charge >= 0.3 is 0 Å². The second kappa shape index (κ2) is 11.6. The van der Waals surface area contributed by atoms with Crippen molar-refractivity contribution in [3.05, 3.63) is 187 Å². The van der Waals surface area contributed by atoms with E-state index < -0.39 is 0 Å². The van der Waals surface area contributed by atoms with Gasteiger partial charge < -0.3 is 4.90 Å². The normalized spacial score (nSPS) is 12.4. The van der Waals surface area contributed by atoms with E-state index in [0.29, 0.717) is 0 Å². The molecule has 0 N–H and O–H groups in total. The quantitative estimate of drug-likeness (QED) is 0.164. The Morgan fingerprint density at radius 2 is 1.00 bits per heavy atom. The lowest BCUT2D eigenvalue weighted by Gasteiger charge is -2.29. The van der Waals surface area contributed by atoms with Gasteiger partial charge in [-0.2, -0.15) is 0 Å². The Kier molecular flexibility index (Phi) is 6.50. The summed E-state index contributed by atoms with van der Waals surface area (Å²) in [4.78, 5) is 2.50. The number of hydrogen-bond acceptors (Lipinski definition) is 3. The summed E-state index contributed by atoms with van der Waals surface area (Å²) >= 11 is 3.76. The molecule has 11 aromatic rings. The van der Waals surface area contributed by atoms with Crippen molar-refractivity contribution in [1.82, 2.24) is 0 Å². The lowest BCUT2D eigenvalue weighted by molar-refractivity contribution is 1.23. The van der Waals surface area contributed by atoms with Crippen molar-refractivity contribution in [2.24, 2.45) is 0 Å². The average Bonchev–Trinajstić information content (AvgIpc) is 3.75. The van der Waals surface area contributed by atoms with Gasteiger partial charge in [-0.05, 0) is 110 Å². The topological polar surface area (TPSA) is 3.24 Å². The second-order valence-corrected chi connectivity index (χ2v) is 16.5. The summed E-state index contributed by atoms with van der Waals surface area (Å²) in [6.07, 6.45) is 0.908. The zero-order valence-electron chi connectivity index (χ0n) is 29.2. The Labute approximate surface area is 320 Å². The molecule has 3 heteroatoms. The molecule has 1 nitrogen and oxygen atoms in total. The molecule has 2 heterocycles. The maximum atomic E-state index is 2.50. The predicted octanol–water partition coefficient (Wildman–Crippen LogP) is 15.4. The van der Waals surface area contributed by atoms with Crippen molar-refractivity contribution in [3.63, 3.8) is 0 Å². The fourth-order valence-electron chi connectivity index (χ4n) is 9.03. The molecule has 9 aromatic carbocycles. The molecule has 0 radical (unpaired) electrons. The summed E-state index contributed by atoms with van der Waals surface area (Å²) in [5, 5.41) is 10.5. The first-order valence-corrected chi connectivity index (χ1v) is 20.2. The molecule has 252 valence electrons. The maximum Gasteiger partial charge on any atom is 0.0546 e. The van der Waals surface area contributed by atoms with Gasteiger partial charge in [-0.15, -0.1) is 22.7 Å². The Morgan fingerprint density at radius 1 is 0.370 bits per heavy atom. The largest absolute Gasteiger partial charge is 0.310 e. The van der Waals surface area contributed by atoms with E-state index in [1.54, 1.807) is 0 Å². The molecule has 2 aromatic heterocycles. The third kappa shape index (κ3) is 4.43. The molecule has 0 amide bonds. The van der Waals surface area contributed by atoms with E-state index in [1.165, 1.54) is 101 Å². The van der Waals surface area contributed by atoms with Gasteiger partial charge in [-0.25, -0.2) is 0 Å². The molecule has 54 heavy (non-hydrogen) atoms. The molecule has 0 unspecified atom stereocenters. The standard InChI is InChI=1S/C51H31NS2/c1-2-12-37-32(10-1)28-33-29-45-40(39-13-4-3-11-36(33)39)25-26-46(50(37)45)52(35-24-27-49-44(30-35)42-15-6-7-18-47(42)53-49)34-22-20-31(21-23-34)38-16-9-17-43-41-14-5-8-19-48(41)54-51(38)43/h1-27,29-30H,28H2. The molecule has 0 aliphatic heterocycles. The molecular formula is C51H31NS2. The Balaban J connectivity index is 1.12. The Morgan fingerprint density at radius 3 is 1.85 bits per heavy atom. The van der Waals surface area contributed by atoms with Gasteiger partial charge in [0.25, 0.3) is 0 Å². The lowest BCUT2D eigenvalue weighted by Crippen LogP contribution is -2.11. The summed E-state index contributed by atoms with van der Waals surface area (Å²) in [5.74, 6) is 0. The summed E-state index contributed by atoms with van der Waals surface area (Å²) < 4.78 is 5.30. The van der Waals surface area contributed by atoms with Gasteiger partial charge in [0.2, 0.25) is 0 Å². The van der Waals surface area contributed by atoms with Crippen molar-refractivity contribution < 1.29 is 0 Å². The van der Waals surface area contributed by atoms with Crippen LogP contribution in [-0.2, 0) is 6.42 Å². The number of nitrogens with zero attached hydrogens (tertiary/aromatic N) is 1. The molecule has 0 fully saturated rings. The molecule has 2 bridgehead atoms. The van der Waals surface area contributed by atoms with E-state index in [2.05, 4.69) is 181 Å². The second-order valence-electron chi connectivity index (χ2n) is 14.4. The molecular weight excluding hydrogens is 691 g/mol. The average molecular weight is 722 g/mol. The number of fused-ring (bicyclic) bond motifs is 12. The minimum absolute atomic E-state index is 0.908. The van der Waals surface area contributed by atoms with Crippen molar-refractivity contribution >= 4 is 102 Å². The van der Waals surface area contributed by atoms with Crippen LogP contribution < -0.4 is 4.90 Å². The van der Waals surface area contributed by atoms with E-state index in [1.807, 2.05) is 22.7 Å². The van der Waals surface area contributed by atoms with Crippen LogP contribution in [0.4, 0.5) is 17.1 Å². The number of thiophene rings is 2. The van der Waals surface area contributed by atoms with Gasteiger partial charge in [0, 0.05) is 57.3 Å². The third-order valence-corrected chi connectivity index (χ3v) is 13.8. The monoisotopic (exact) mass is 721 g/mol. The van der Waals surface area contributed by atoms with Gasteiger partial charge in [-0.3, -0.25) is 0 Å². The molecule has 0 atom stereocenters. The van der Waals surface area contributed by atoms with Crippen LogP contribution in [0.15, 0.2) is 176 Å². The highest BCUT2D eigenvalue weighted by molar-refractivity contribution is 7.26. The minimum Gasteiger partial charge on any atom is -0.310 e. The molecule has 1 aliphatic carbocycles. The Bertz CT molecular complexity index is 3310. The van der Waals surface area contributed by atoms with E-state index >= 15 is 0 Å². The summed E-state index contributed by atoms with van der Waals surface area (Å²) in [6, 6.07) is 65.8. The van der Waals surface area contributed by atoms with Crippen LogP contribution in [0, 0.1) is 0 Å². The number of anilines is 3. The zero-order valence-corrected chi connectivity index (χ0v) is 30.8. The summed E-state index contributed by atoms with van der Waals surface area (Å²) in [6.45, 7) is 0. The number of rotatable bonds is 4. The van der Waals surface area contributed by atoms with Crippen LogP contribution in [0.2, 0.25) is 0 Å². The lowest BCUT2D eigenvalue weighted by atomic mass is 9.92. The molecule has 0 saturated heterocycles. The maximum absolute atomic E-state index is 2.50. The van der Waals surface area contributed by atoms with Gasteiger partial charge in [0.1, 0.15) is 0 Å². The van der Waals surface area contributed by atoms with Crippen LogP contribution in [0.1, 0.15) is 11.1 Å². The van der Waals surface area contributed by atoms with Gasteiger partial charge in [0.05, 0.1) is 5.69 Å². The third-order valence-electron chi connectivity index (χ3n) is 11.5. The van der Waals surface area contributed by atoms with Crippen LogP contribution in [0.3, 0.4) is 0 Å². The number of benzene rings is 9. The Hall–Kier alpha value is -6.26. The van der Waals surface area contributed by atoms with Crippen LogP contribution >= 0.6 is 22.7 Å². The van der Waals surface area contributed by atoms with E-state index in [-0.39, 0.29) is 0 Å². The van der Waals surface area contributed by atoms with Crippen LogP contribution in [-0.4, -0.2) is 0 Å². The fraction of sp³-hybridized carbons (Fsp3) is 0.0196. The van der Waals surface area contributed by atoms with Crippen LogP contribution in [0.5, 0.6) is 0 Å². The van der Waals surface area contributed by atoms with E-state index in [9.17, 15) is 0 Å². The van der Waals surface area contributed by atoms with Gasteiger partial charge in [-0.1, -0.05) is 121 Å². The molecule has 12 rings (SSSR count). The summed E-state index contributed by atoms with van der Waals surface area (Å²) in [5.41, 5.74) is 11.4. The van der Waals surface area contributed by atoms with E-state index in [0.717, 1.165) is 17.8 Å². The molecule has 1 aliphatic rings. The first kappa shape index (κ1) is 30.2. The highest BCUT2D eigenvalue weighted by atomic mass is 32.1. The van der Waals surface area contributed by atoms with Crippen molar-refractivity contribution in [3.8, 4) is 22.3 Å². The fourth-order valence-corrected chi connectivity index (χ4v) is 11.4. The zero-order chi connectivity index (χ0) is 35.3. The van der Waals surface area contributed by atoms with Crippen molar-refractivity contribution in [2.75, 3.05) is 4.90 Å². The highest BCUT2D eigenvalue weighted by Gasteiger charge is 2.25. The van der Waals surface area contributed by atoms with Crippen LogP contribution in [0.25, 0.3) is 84.1 Å². The van der Waals surface area contributed by atoms with E-state index in [4.69, 9.17) is 0 Å². The first-order chi connectivity index (χ1) is 26.8. The predicted molar refractivity (Wildman–Crippen MR) is 236 cm³/mol. The minimum atomic E-state index is 0.908. The number of hydrogen-bond donors (Lipinski definition) is 0. The first-order valence-electron chi connectivity index (χ1n) is 18.5.